The molecule has 2 aromatic rings. The molecule has 1 aromatic heterocycles. The number of thioether (sulfide) groups is 1. The molecule has 0 radical (unpaired) electrons. The van der Waals surface area contributed by atoms with Crippen LogP contribution in [0.2, 0.25) is 0 Å². The summed E-state index contributed by atoms with van der Waals surface area (Å²) in [5.74, 6) is 0.355. The molecule has 0 spiro atoms. The van der Waals surface area contributed by atoms with Gasteiger partial charge in [-0.2, -0.15) is 0 Å². The van der Waals surface area contributed by atoms with E-state index >= 15 is 0 Å². The molecule has 0 bridgehead atoms. The lowest BCUT2D eigenvalue weighted by molar-refractivity contribution is -0.118. The topological polar surface area (TPSA) is 67.4 Å². The zero-order chi connectivity index (χ0) is 18.9. The molecule has 1 aromatic carbocycles. The summed E-state index contributed by atoms with van der Waals surface area (Å²) in [7, 11) is 0. The fourth-order valence-corrected chi connectivity index (χ4v) is 4.29. The highest BCUT2D eigenvalue weighted by molar-refractivity contribution is 8.02. The largest absolute Gasteiger partial charge is 0.379 e. The molecule has 0 atom stereocenters. The second-order valence-electron chi connectivity index (χ2n) is 6.17. The van der Waals surface area contributed by atoms with Crippen LogP contribution in [-0.2, 0) is 9.53 Å². The van der Waals surface area contributed by atoms with Crippen molar-refractivity contribution in [3.63, 3.8) is 0 Å². The lowest BCUT2D eigenvalue weighted by atomic mass is 10.2. The van der Waals surface area contributed by atoms with Crippen molar-refractivity contribution in [2.45, 2.75) is 21.9 Å². The fraction of sp³-hybridized carbons (Fsp3) is 0.421. The van der Waals surface area contributed by atoms with Gasteiger partial charge in [0, 0.05) is 43.5 Å². The van der Waals surface area contributed by atoms with Crippen molar-refractivity contribution in [3.05, 3.63) is 42.2 Å². The maximum Gasteiger partial charge on any atom is 0.230 e. The predicted octanol–water partition coefficient (Wildman–Crippen LogP) is 2.48. The Hall–Kier alpha value is -1.61. The first-order chi connectivity index (χ1) is 13.2. The first-order valence-corrected chi connectivity index (χ1v) is 10.8. The molecule has 0 saturated carbocycles. The number of carbonyl (C=O) groups excluding carboxylic acids is 1. The SMILES string of the molecule is Cc1ccc(Sc2nccnc2SCC(=O)NCCN2CCOCC2)cc1. The Kier molecular flexibility index (Phi) is 7.94. The Bertz CT molecular complexity index is 737. The normalized spacial score (nSPS) is 14.9. The number of morpholine rings is 1. The number of benzene rings is 1. The molecule has 27 heavy (non-hydrogen) atoms. The molecule has 1 saturated heterocycles. The summed E-state index contributed by atoms with van der Waals surface area (Å²) in [5.41, 5.74) is 1.22. The summed E-state index contributed by atoms with van der Waals surface area (Å²) in [6, 6.07) is 8.30. The fourth-order valence-electron chi connectivity index (χ4n) is 2.56. The number of ether oxygens (including phenoxy) is 1. The molecule has 2 heterocycles. The molecule has 1 aliphatic rings. The molecule has 0 unspecified atom stereocenters. The number of aryl methyl sites for hydroxylation is 1. The van der Waals surface area contributed by atoms with Crippen LogP contribution in [0, 0.1) is 6.92 Å². The number of hydrogen-bond acceptors (Lipinski definition) is 7. The second-order valence-corrected chi connectivity index (χ2v) is 8.20. The van der Waals surface area contributed by atoms with Gasteiger partial charge in [0.2, 0.25) is 5.91 Å². The van der Waals surface area contributed by atoms with E-state index in [0.717, 1.165) is 47.8 Å². The maximum atomic E-state index is 12.1. The molecule has 1 amide bonds. The number of rotatable bonds is 8. The van der Waals surface area contributed by atoms with E-state index in [4.69, 9.17) is 4.74 Å². The number of nitrogens with zero attached hydrogens (tertiary/aromatic N) is 3. The Morgan fingerprint density at radius 1 is 1.15 bits per heavy atom. The molecule has 6 nitrogen and oxygen atoms in total. The van der Waals surface area contributed by atoms with Crippen LogP contribution in [0.5, 0.6) is 0 Å². The number of amides is 1. The van der Waals surface area contributed by atoms with Crippen molar-refractivity contribution in [2.24, 2.45) is 0 Å². The summed E-state index contributed by atoms with van der Waals surface area (Å²) in [6.07, 6.45) is 3.35. The average molecular weight is 405 g/mol. The van der Waals surface area contributed by atoms with Crippen LogP contribution >= 0.6 is 23.5 Å². The van der Waals surface area contributed by atoms with Crippen molar-refractivity contribution in [1.82, 2.24) is 20.2 Å². The van der Waals surface area contributed by atoms with Crippen molar-refractivity contribution in [1.29, 1.82) is 0 Å². The third-order valence-corrected chi connectivity index (χ3v) is 6.17. The van der Waals surface area contributed by atoms with E-state index in [9.17, 15) is 4.79 Å². The van der Waals surface area contributed by atoms with E-state index in [1.54, 1.807) is 24.2 Å². The van der Waals surface area contributed by atoms with E-state index in [1.165, 1.54) is 17.3 Å². The summed E-state index contributed by atoms with van der Waals surface area (Å²) < 4.78 is 5.33. The number of aromatic nitrogens is 2. The Morgan fingerprint density at radius 2 is 1.85 bits per heavy atom. The summed E-state index contributed by atoms with van der Waals surface area (Å²) in [6.45, 7) is 7.00. The van der Waals surface area contributed by atoms with Gasteiger partial charge in [-0.25, -0.2) is 9.97 Å². The quantitative estimate of drug-likeness (QED) is 0.678. The molecular weight excluding hydrogens is 380 g/mol. The molecular formula is C19H24N4O2S2. The van der Waals surface area contributed by atoms with E-state index in [1.807, 2.05) is 0 Å². The van der Waals surface area contributed by atoms with Crippen LogP contribution in [0.3, 0.4) is 0 Å². The minimum Gasteiger partial charge on any atom is -0.379 e. The van der Waals surface area contributed by atoms with Crippen molar-refractivity contribution < 1.29 is 9.53 Å². The maximum absolute atomic E-state index is 12.1. The molecule has 1 aliphatic heterocycles. The van der Waals surface area contributed by atoms with Gasteiger partial charge in [-0.15, -0.1) is 0 Å². The number of carbonyl (C=O) groups is 1. The van der Waals surface area contributed by atoms with Crippen LogP contribution in [0.25, 0.3) is 0 Å². The average Bonchev–Trinajstić information content (AvgIpc) is 2.70. The molecule has 1 N–H and O–H groups in total. The van der Waals surface area contributed by atoms with Gasteiger partial charge >= 0.3 is 0 Å². The minimum atomic E-state index is 0.0187. The lowest BCUT2D eigenvalue weighted by Gasteiger charge is -2.26. The van der Waals surface area contributed by atoms with Crippen LogP contribution in [0.4, 0.5) is 0 Å². The van der Waals surface area contributed by atoms with Gasteiger partial charge in [0.25, 0.3) is 0 Å². The van der Waals surface area contributed by atoms with E-state index in [-0.39, 0.29) is 5.91 Å². The highest BCUT2D eigenvalue weighted by Crippen LogP contribution is 2.32. The van der Waals surface area contributed by atoms with Gasteiger partial charge in [-0.05, 0) is 19.1 Å². The third-order valence-electron chi connectivity index (χ3n) is 4.06. The minimum absolute atomic E-state index is 0.0187. The molecule has 3 rings (SSSR count). The van der Waals surface area contributed by atoms with Gasteiger partial charge in [0.15, 0.2) is 0 Å². The lowest BCUT2D eigenvalue weighted by Crippen LogP contribution is -2.41. The van der Waals surface area contributed by atoms with Gasteiger partial charge in [0.1, 0.15) is 10.1 Å². The first kappa shape index (κ1) is 20.1. The van der Waals surface area contributed by atoms with E-state index < -0.39 is 0 Å². The van der Waals surface area contributed by atoms with Crippen LogP contribution < -0.4 is 5.32 Å². The van der Waals surface area contributed by atoms with E-state index in [0.29, 0.717) is 12.3 Å². The van der Waals surface area contributed by atoms with Gasteiger partial charge < -0.3 is 10.1 Å². The Morgan fingerprint density at radius 3 is 2.59 bits per heavy atom. The molecule has 0 aliphatic carbocycles. The van der Waals surface area contributed by atoms with Crippen LogP contribution in [0.15, 0.2) is 51.6 Å². The smallest absolute Gasteiger partial charge is 0.230 e. The summed E-state index contributed by atoms with van der Waals surface area (Å²) in [5, 5.41) is 4.59. The van der Waals surface area contributed by atoms with Gasteiger partial charge in [0.05, 0.1) is 19.0 Å². The monoisotopic (exact) mass is 404 g/mol. The number of nitrogens with one attached hydrogen (secondary N) is 1. The van der Waals surface area contributed by atoms with E-state index in [2.05, 4.69) is 51.4 Å². The van der Waals surface area contributed by atoms with Crippen LogP contribution in [-0.4, -0.2) is 65.9 Å². The first-order valence-electron chi connectivity index (χ1n) is 8.96. The van der Waals surface area contributed by atoms with Crippen molar-refractivity contribution in [3.8, 4) is 0 Å². The van der Waals surface area contributed by atoms with Gasteiger partial charge in [-0.3, -0.25) is 9.69 Å². The Balaban J connectivity index is 1.45. The third kappa shape index (κ3) is 6.80. The summed E-state index contributed by atoms with van der Waals surface area (Å²) >= 11 is 2.99. The number of hydrogen-bond donors (Lipinski definition) is 1. The predicted molar refractivity (Wildman–Crippen MR) is 108 cm³/mol. The Labute approximate surface area is 168 Å². The molecule has 144 valence electrons. The van der Waals surface area contributed by atoms with Gasteiger partial charge in [-0.1, -0.05) is 41.2 Å². The molecule has 8 heteroatoms. The second kappa shape index (κ2) is 10.7. The van der Waals surface area contributed by atoms with Crippen LogP contribution in [0.1, 0.15) is 5.56 Å². The van der Waals surface area contributed by atoms with Crippen molar-refractivity contribution >= 4 is 29.4 Å². The zero-order valence-electron chi connectivity index (χ0n) is 15.4. The molecule has 1 fully saturated rings. The zero-order valence-corrected chi connectivity index (χ0v) is 17.0. The van der Waals surface area contributed by atoms with Crippen molar-refractivity contribution in [2.75, 3.05) is 45.1 Å². The highest BCUT2D eigenvalue weighted by atomic mass is 32.2. The standard InChI is InChI=1S/C19H24N4O2S2/c1-15-2-4-16(5-3-15)27-19-18(21-6-7-22-19)26-14-17(24)20-8-9-23-10-12-25-13-11-23/h2-7H,8-14H2,1H3,(H,20,24). The highest BCUT2D eigenvalue weighted by Gasteiger charge is 2.12. The summed E-state index contributed by atoms with van der Waals surface area (Å²) in [4.78, 5) is 24.4.